The fourth-order valence-electron chi connectivity index (χ4n) is 8.18. The number of unbranched alkanes of at least 4 members (excludes halogenated alkanes) is 29. The molecule has 0 spiro atoms. The fourth-order valence-corrected chi connectivity index (χ4v) is 8.18. The summed E-state index contributed by atoms with van der Waals surface area (Å²) in [5.74, 6) is -0.971. The van der Waals surface area contributed by atoms with E-state index in [2.05, 4.69) is 87.6 Å². The van der Waals surface area contributed by atoms with Crippen molar-refractivity contribution in [1.82, 2.24) is 0 Å². The average Bonchev–Trinajstić information content (AvgIpc) is 3.34. The standard InChI is InChI=1S/C62H108O6/c1-4-7-10-13-16-19-22-25-27-29-31-33-35-37-40-43-46-49-52-55-61(64)67-58-59(57-66-60(63)54-51-48-45-42-39-24-21-18-15-12-9-6-3)68-62(65)56-53-50-47-44-41-38-36-34-32-30-28-26-23-20-17-14-11-8-5-2/h7,10,16,19,25,27,31,33,37,40,46,49,59H,4-6,8-9,11-15,17-18,20-24,26,28-30,32,34-36,38-39,41-45,47-48,50-58H2,1-3H3/b10-7-,19-16-,27-25-,33-31-,40-37-,49-46-/t59-/m1/s1. The molecular weight excluding hydrogens is 841 g/mol. The van der Waals surface area contributed by atoms with Gasteiger partial charge in [-0.15, -0.1) is 0 Å². The minimum atomic E-state index is -0.802. The van der Waals surface area contributed by atoms with Crippen molar-refractivity contribution in [2.45, 2.75) is 290 Å². The Balaban J connectivity index is 4.43. The monoisotopic (exact) mass is 949 g/mol. The van der Waals surface area contributed by atoms with E-state index in [1.807, 2.05) is 6.08 Å². The van der Waals surface area contributed by atoms with Gasteiger partial charge in [0.2, 0.25) is 0 Å². The van der Waals surface area contributed by atoms with E-state index in [1.165, 1.54) is 161 Å². The number of hydrogen-bond acceptors (Lipinski definition) is 6. The lowest BCUT2D eigenvalue weighted by atomic mass is 10.0. The second-order valence-electron chi connectivity index (χ2n) is 19.2. The molecule has 0 aliphatic rings. The molecule has 0 amide bonds. The third kappa shape index (κ3) is 53.8. The van der Waals surface area contributed by atoms with Gasteiger partial charge in [0.1, 0.15) is 13.2 Å². The third-order valence-corrected chi connectivity index (χ3v) is 12.5. The summed E-state index contributed by atoms with van der Waals surface area (Å²) in [5, 5.41) is 0. The van der Waals surface area contributed by atoms with Gasteiger partial charge in [0.15, 0.2) is 6.10 Å². The first kappa shape index (κ1) is 64.8. The van der Waals surface area contributed by atoms with Crippen LogP contribution in [0.15, 0.2) is 72.9 Å². The summed E-state index contributed by atoms with van der Waals surface area (Å²) in [4.78, 5) is 38.1. The van der Waals surface area contributed by atoms with Crippen molar-refractivity contribution in [3.8, 4) is 0 Å². The summed E-state index contributed by atoms with van der Waals surface area (Å²) in [6.45, 7) is 6.49. The van der Waals surface area contributed by atoms with Gasteiger partial charge >= 0.3 is 17.9 Å². The number of rotatable bonds is 52. The van der Waals surface area contributed by atoms with Crippen LogP contribution in [0, 0.1) is 0 Å². The predicted molar refractivity (Wildman–Crippen MR) is 293 cm³/mol. The molecule has 0 N–H and O–H groups in total. The van der Waals surface area contributed by atoms with Crippen LogP contribution in [0.4, 0.5) is 0 Å². The van der Waals surface area contributed by atoms with Gasteiger partial charge in [-0.05, 0) is 57.8 Å². The lowest BCUT2D eigenvalue weighted by Gasteiger charge is -2.18. The Kier molecular flexibility index (Phi) is 53.8. The molecule has 0 saturated heterocycles. The first-order valence-corrected chi connectivity index (χ1v) is 28.9. The van der Waals surface area contributed by atoms with Gasteiger partial charge in [-0.2, -0.15) is 0 Å². The van der Waals surface area contributed by atoms with Gasteiger partial charge in [-0.25, -0.2) is 0 Å². The average molecular weight is 950 g/mol. The molecular formula is C62H108O6. The summed E-state index contributed by atoms with van der Waals surface area (Å²) in [5.41, 5.74) is 0. The van der Waals surface area contributed by atoms with Gasteiger partial charge in [-0.3, -0.25) is 14.4 Å². The van der Waals surface area contributed by atoms with Crippen molar-refractivity contribution in [3.05, 3.63) is 72.9 Å². The van der Waals surface area contributed by atoms with Crippen LogP contribution in [0.1, 0.15) is 284 Å². The highest BCUT2D eigenvalue weighted by Crippen LogP contribution is 2.16. The van der Waals surface area contributed by atoms with Crippen LogP contribution in [0.25, 0.3) is 0 Å². The number of carbonyl (C=O) groups excluding carboxylic acids is 3. The van der Waals surface area contributed by atoms with E-state index in [1.54, 1.807) is 0 Å². The number of hydrogen-bond donors (Lipinski definition) is 0. The van der Waals surface area contributed by atoms with Crippen molar-refractivity contribution in [2.75, 3.05) is 13.2 Å². The first-order chi connectivity index (χ1) is 33.5. The van der Waals surface area contributed by atoms with Crippen LogP contribution in [-0.4, -0.2) is 37.2 Å². The second-order valence-corrected chi connectivity index (χ2v) is 19.2. The third-order valence-electron chi connectivity index (χ3n) is 12.5. The molecule has 0 unspecified atom stereocenters. The Labute approximate surface area is 421 Å². The maximum absolute atomic E-state index is 12.9. The van der Waals surface area contributed by atoms with Crippen LogP contribution in [-0.2, 0) is 28.6 Å². The molecule has 6 nitrogen and oxygen atoms in total. The Morgan fingerprint density at radius 3 is 0.897 bits per heavy atom. The second kappa shape index (κ2) is 56.4. The zero-order chi connectivity index (χ0) is 49.3. The van der Waals surface area contributed by atoms with Crippen LogP contribution in [0.3, 0.4) is 0 Å². The molecule has 0 aliphatic heterocycles. The summed E-state index contributed by atoms with van der Waals surface area (Å²) in [6.07, 6.45) is 71.9. The molecule has 1 atom stereocenters. The molecule has 0 bridgehead atoms. The number of ether oxygens (including phenoxy) is 3. The lowest BCUT2D eigenvalue weighted by Crippen LogP contribution is -2.30. The van der Waals surface area contributed by atoms with Crippen molar-refractivity contribution in [3.63, 3.8) is 0 Å². The SMILES string of the molecule is CC/C=C\C/C=C\C/C=C\C/C=C\C/C=C\C/C=C\CCC(=O)OC[C@@H](COC(=O)CCCCCCCCCCCCCC)OC(=O)CCCCCCCCCCCCCCCCCCCCC. The summed E-state index contributed by atoms with van der Waals surface area (Å²) in [7, 11) is 0. The normalized spacial score (nSPS) is 12.6. The first-order valence-electron chi connectivity index (χ1n) is 28.9. The summed E-state index contributed by atoms with van der Waals surface area (Å²) >= 11 is 0. The van der Waals surface area contributed by atoms with Crippen LogP contribution < -0.4 is 0 Å². The molecule has 0 aromatic heterocycles. The maximum Gasteiger partial charge on any atom is 0.306 e. The van der Waals surface area contributed by atoms with Gasteiger partial charge in [0.25, 0.3) is 0 Å². The van der Waals surface area contributed by atoms with Crippen LogP contribution >= 0.6 is 0 Å². The zero-order valence-electron chi connectivity index (χ0n) is 44.9. The highest BCUT2D eigenvalue weighted by atomic mass is 16.6. The van der Waals surface area contributed by atoms with Gasteiger partial charge in [-0.1, -0.05) is 280 Å². The minimum Gasteiger partial charge on any atom is -0.462 e. The molecule has 68 heavy (non-hydrogen) atoms. The topological polar surface area (TPSA) is 78.9 Å². The number of allylic oxidation sites excluding steroid dienone is 12. The van der Waals surface area contributed by atoms with E-state index in [0.717, 1.165) is 77.0 Å². The van der Waals surface area contributed by atoms with Gasteiger partial charge in [0, 0.05) is 19.3 Å². The van der Waals surface area contributed by atoms with Crippen LogP contribution in [0.5, 0.6) is 0 Å². The smallest absolute Gasteiger partial charge is 0.306 e. The fraction of sp³-hybridized carbons (Fsp3) is 0.758. The molecule has 0 heterocycles. The Morgan fingerprint density at radius 1 is 0.309 bits per heavy atom. The molecule has 0 radical (unpaired) electrons. The van der Waals surface area contributed by atoms with E-state index >= 15 is 0 Å². The quantitative estimate of drug-likeness (QED) is 0.0262. The van der Waals surface area contributed by atoms with Crippen molar-refractivity contribution >= 4 is 17.9 Å². The molecule has 0 rings (SSSR count). The zero-order valence-corrected chi connectivity index (χ0v) is 44.9. The lowest BCUT2D eigenvalue weighted by molar-refractivity contribution is -0.166. The van der Waals surface area contributed by atoms with E-state index in [0.29, 0.717) is 19.3 Å². The van der Waals surface area contributed by atoms with Gasteiger partial charge in [0.05, 0.1) is 0 Å². The summed E-state index contributed by atoms with van der Waals surface area (Å²) in [6, 6.07) is 0. The van der Waals surface area contributed by atoms with Crippen molar-refractivity contribution in [2.24, 2.45) is 0 Å². The highest BCUT2D eigenvalue weighted by Gasteiger charge is 2.19. The Hall–Kier alpha value is -3.15. The van der Waals surface area contributed by atoms with E-state index in [9.17, 15) is 14.4 Å². The largest absolute Gasteiger partial charge is 0.462 e. The predicted octanol–water partition coefficient (Wildman–Crippen LogP) is 19.4. The van der Waals surface area contributed by atoms with Gasteiger partial charge < -0.3 is 14.2 Å². The molecule has 6 heteroatoms. The number of carbonyl (C=O) groups is 3. The van der Waals surface area contributed by atoms with Crippen molar-refractivity contribution in [1.29, 1.82) is 0 Å². The van der Waals surface area contributed by atoms with Crippen LogP contribution in [0.2, 0.25) is 0 Å². The minimum absolute atomic E-state index is 0.0948. The van der Waals surface area contributed by atoms with E-state index in [-0.39, 0.29) is 37.5 Å². The number of esters is 3. The molecule has 392 valence electrons. The van der Waals surface area contributed by atoms with E-state index in [4.69, 9.17) is 14.2 Å². The molecule has 0 fully saturated rings. The molecule has 0 aromatic rings. The molecule has 0 aromatic carbocycles. The van der Waals surface area contributed by atoms with Crippen molar-refractivity contribution < 1.29 is 28.6 Å². The molecule has 0 saturated carbocycles. The summed E-state index contributed by atoms with van der Waals surface area (Å²) < 4.78 is 16.8. The Bertz CT molecular complexity index is 1270. The maximum atomic E-state index is 12.9. The molecule has 0 aliphatic carbocycles. The Morgan fingerprint density at radius 2 is 0.574 bits per heavy atom. The highest BCUT2D eigenvalue weighted by molar-refractivity contribution is 5.71. The van der Waals surface area contributed by atoms with E-state index < -0.39 is 6.10 Å².